The van der Waals surface area contributed by atoms with Crippen LogP contribution >= 0.6 is 11.6 Å². The van der Waals surface area contributed by atoms with Gasteiger partial charge in [0, 0.05) is 45.1 Å². The number of ketones is 1. The highest BCUT2D eigenvalue weighted by molar-refractivity contribution is 6.31. The molecule has 5 rings (SSSR count). The molecule has 0 amide bonds. The number of nitrogens with zero attached hydrogens (tertiary/aromatic N) is 1. The van der Waals surface area contributed by atoms with Crippen molar-refractivity contribution >= 4 is 34.7 Å². The standard InChI is InChI=1S/C30H27ClN2O4/c1-36-21-14-15-25(37-2)22(17-21)26-27-23(12-7-13-24(27)34)33(20-11-6-10-19(31)16-20)30(32)28(26)29(35)18-8-4-3-5-9-18/h3-6,8-11,14-17,26,32,35H,7,12-13H2,1-2H3/b29-28+,32-30?/t26-/m0/s1. The zero-order chi connectivity index (χ0) is 26.1. The van der Waals surface area contributed by atoms with Gasteiger partial charge >= 0.3 is 0 Å². The van der Waals surface area contributed by atoms with Gasteiger partial charge in [0.15, 0.2) is 5.78 Å². The third kappa shape index (κ3) is 4.38. The Morgan fingerprint density at radius 3 is 2.49 bits per heavy atom. The van der Waals surface area contributed by atoms with E-state index in [1.165, 1.54) is 0 Å². The summed E-state index contributed by atoms with van der Waals surface area (Å²) in [5.74, 6) is 0.385. The minimum absolute atomic E-state index is 0.0194. The second-order valence-electron chi connectivity index (χ2n) is 8.97. The van der Waals surface area contributed by atoms with Crippen molar-refractivity contribution in [2.45, 2.75) is 25.2 Å². The van der Waals surface area contributed by atoms with Crippen molar-refractivity contribution in [1.29, 1.82) is 5.41 Å². The summed E-state index contributed by atoms with van der Waals surface area (Å²) in [6.07, 6.45) is 1.67. The number of hydrogen-bond donors (Lipinski definition) is 2. The maximum atomic E-state index is 13.7. The van der Waals surface area contributed by atoms with Crippen molar-refractivity contribution in [3.05, 3.63) is 106 Å². The van der Waals surface area contributed by atoms with Gasteiger partial charge in [-0.1, -0.05) is 48.0 Å². The monoisotopic (exact) mass is 514 g/mol. The van der Waals surface area contributed by atoms with E-state index in [0.29, 0.717) is 63.7 Å². The van der Waals surface area contributed by atoms with Crippen molar-refractivity contribution in [3.8, 4) is 11.5 Å². The van der Waals surface area contributed by atoms with Crippen LogP contribution in [0.25, 0.3) is 5.76 Å². The molecule has 3 aromatic rings. The van der Waals surface area contributed by atoms with Gasteiger partial charge in [0.05, 0.1) is 20.1 Å². The first-order chi connectivity index (χ1) is 17.9. The van der Waals surface area contributed by atoms with E-state index in [0.717, 1.165) is 5.70 Å². The molecule has 0 aromatic heterocycles. The quantitative estimate of drug-likeness (QED) is 0.361. The van der Waals surface area contributed by atoms with Gasteiger partial charge in [-0.05, 0) is 49.2 Å². The highest BCUT2D eigenvalue weighted by Crippen LogP contribution is 2.50. The number of benzene rings is 3. The summed E-state index contributed by atoms with van der Waals surface area (Å²) in [6, 6.07) is 21.7. The van der Waals surface area contributed by atoms with E-state index in [2.05, 4.69) is 0 Å². The summed E-state index contributed by atoms with van der Waals surface area (Å²) in [5.41, 5.74) is 3.46. The van der Waals surface area contributed by atoms with Crippen LogP contribution in [-0.4, -0.2) is 30.9 Å². The Bertz CT molecular complexity index is 1440. The lowest BCUT2D eigenvalue weighted by atomic mass is 9.73. The van der Waals surface area contributed by atoms with Crippen molar-refractivity contribution in [2.75, 3.05) is 19.1 Å². The zero-order valence-corrected chi connectivity index (χ0v) is 21.4. The number of ether oxygens (including phenoxy) is 2. The van der Waals surface area contributed by atoms with E-state index in [-0.39, 0.29) is 17.4 Å². The summed E-state index contributed by atoms with van der Waals surface area (Å²) in [4.78, 5) is 15.4. The number of anilines is 1. The third-order valence-electron chi connectivity index (χ3n) is 6.87. The van der Waals surface area contributed by atoms with Gasteiger partial charge in [0.1, 0.15) is 23.1 Å². The van der Waals surface area contributed by atoms with Gasteiger partial charge in [-0.2, -0.15) is 0 Å². The number of carbonyl (C=O) groups is 1. The molecule has 0 saturated carbocycles. The fourth-order valence-corrected chi connectivity index (χ4v) is 5.40. The molecule has 2 aliphatic rings. The maximum Gasteiger partial charge on any atom is 0.161 e. The molecular formula is C30H27ClN2O4. The number of aliphatic hydroxyl groups excluding tert-OH is 1. The fraction of sp³-hybridized carbons (Fsp3) is 0.200. The molecule has 0 unspecified atom stereocenters. The molecule has 2 N–H and O–H groups in total. The number of halogens is 1. The molecule has 1 heterocycles. The molecule has 6 nitrogen and oxygen atoms in total. The highest BCUT2D eigenvalue weighted by atomic mass is 35.5. The van der Waals surface area contributed by atoms with E-state index >= 15 is 0 Å². The van der Waals surface area contributed by atoms with Crippen LogP contribution in [0, 0.1) is 5.41 Å². The lowest BCUT2D eigenvalue weighted by Gasteiger charge is -2.42. The van der Waals surface area contributed by atoms with E-state index < -0.39 is 5.92 Å². The smallest absolute Gasteiger partial charge is 0.161 e. The number of Topliss-reactive ketones (excluding diaryl/α,β-unsaturated/α-hetero) is 1. The SMILES string of the molecule is COc1ccc(OC)c([C@H]2C3=C(CCCC3=O)N(c3cccc(Cl)c3)C(=N)/C2=C(/O)c2ccccc2)c1. The number of methoxy groups -OCH3 is 2. The van der Waals surface area contributed by atoms with Crippen LogP contribution in [0.5, 0.6) is 11.5 Å². The molecular weight excluding hydrogens is 488 g/mol. The molecule has 0 radical (unpaired) electrons. The summed E-state index contributed by atoms with van der Waals surface area (Å²) in [7, 11) is 3.14. The molecule has 0 spiro atoms. The minimum Gasteiger partial charge on any atom is -0.507 e. The first-order valence-corrected chi connectivity index (χ1v) is 12.4. The lowest BCUT2D eigenvalue weighted by Crippen LogP contribution is -2.42. The van der Waals surface area contributed by atoms with Gasteiger partial charge in [-0.3, -0.25) is 15.1 Å². The Hall–Kier alpha value is -4.03. The van der Waals surface area contributed by atoms with Crippen LogP contribution in [0.4, 0.5) is 5.69 Å². The summed E-state index contributed by atoms with van der Waals surface area (Å²) in [5, 5.41) is 21.7. The van der Waals surface area contributed by atoms with Crippen molar-refractivity contribution in [3.63, 3.8) is 0 Å². The van der Waals surface area contributed by atoms with Crippen molar-refractivity contribution in [1.82, 2.24) is 0 Å². The predicted octanol–water partition coefficient (Wildman–Crippen LogP) is 6.91. The Morgan fingerprint density at radius 2 is 1.78 bits per heavy atom. The molecule has 7 heteroatoms. The molecule has 0 bridgehead atoms. The molecule has 1 aliphatic carbocycles. The van der Waals surface area contributed by atoms with Crippen molar-refractivity contribution < 1.29 is 19.4 Å². The molecule has 1 aliphatic heterocycles. The summed E-state index contributed by atoms with van der Waals surface area (Å²) in [6.45, 7) is 0. The second-order valence-corrected chi connectivity index (χ2v) is 9.41. The number of allylic oxidation sites excluding steroid dienone is 2. The Morgan fingerprint density at radius 1 is 1.00 bits per heavy atom. The molecule has 188 valence electrons. The average Bonchev–Trinajstić information content (AvgIpc) is 2.92. The Balaban J connectivity index is 1.88. The molecule has 37 heavy (non-hydrogen) atoms. The van der Waals surface area contributed by atoms with Gasteiger partial charge in [-0.15, -0.1) is 0 Å². The maximum absolute atomic E-state index is 13.7. The summed E-state index contributed by atoms with van der Waals surface area (Å²) >= 11 is 6.34. The van der Waals surface area contributed by atoms with Gasteiger partial charge in [0.25, 0.3) is 0 Å². The van der Waals surface area contributed by atoms with Crippen molar-refractivity contribution in [2.24, 2.45) is 0 Å². The molecule has 0 saturated heterocycles. The fourth-order valence-electron chi connectivity index (χ4n) is 5.22. The number of aliphatic hydroxyl groups is 1. The molecule has 0 fully saturated rings. The highest BCUT2D eigenvalue weighted by Gasteiger charge is 2.44. The zero-order valence-electron chi connectivity index (χ0n) is 20.6. The van der Waals surface area contributed by atoms with Crippen LogP contribution in [0.2, 0.25) is 5.02 Å². The molecule has 3 aromatic carbocycles. The van der Waals surface area contributed by atoms with E-state index in [9.17, 15) is 15.3 Å². The predicted molar refractivity (Wildman–Crippen MR) is 146 cm³/mol. The number of hydrogen-bond acceptors (Lipinski definition) is 5. The van der Waals surface area contributed by atoms with Gasteiger partial charge < -0.3 is 14.6 Å². The minimum atomic E-state index is -0.726. The van der Waals surface area contributed by atoms with Crippen LogP contribution < -0.4 is 14.4 Å². The summed E-state index contributed by atoms with van der Waals surface area (Å²) < 4.78 is 11.2. The first kappa shape index (κ1) is 24.7. The number of rotatable bonds is 5. The average molecular weight is 515 g/mol. The third-order valence-corrected chi connectivity index (χ3v) is 7.11. The lowest BCUT2D eigenvalue weighted by molar-refractivity contribution is -0.116. The normalized spacial score (nSPS) is 19.0. The van der Waals surface area contributed by atoms with Crippen LogP contribution in [-0.2, 0) is 4.79 Å². The first-order valence-electron chi connectivity index (χ1n) is 12.1. The van der Waals surface area contributed by atoms with Gasteiger partial charge in [-0.25, -0.2) is 0 Å². The topological polar surface area (TPSA) is 82.9 Å². The van der Waals surface area contributed by atoms with E-state index in [1.807, 2.05) is 36.4 Å². The van der Waals surface area contributed by atoms with Gasteiger partial charge in [0.2, 0.25) is 0 Å². The van der Waals surface area contributed by atoms with E-state index in [1.54, 1.807) is 55.5 Å². The number of nitrogens with one attached hydrogen (secondary N) is 1. The Kier molecular flexibility index (Phi) is 6.76. The van der Waals surface area contributed by atoms with E-state index in [4.69, 9.17) is 21.1 Å². The van der Waals surface area contributed by atoms with Crippen LogP contribution in [0.1, 0.15) is 36.3 Å². The largest absolute Gasteiger partial charge is 0.507 e. The molecule has 1 atom stereocenters. The number of amidine groups is 1. The Labute approximate surface area is 220 Å². The number of carbonyl (C=O) groups excluding carboxylic acids is 1. The van der Waals surface area contributed by atoms with Crippen LogP contribution in [0.3, 0.4) is 0 Å². The second kappa shape index (κ2) is 10.1. The van der Waals surface area contributed by atoms with Crippen LogP contribution in [0.15, 0.2) is 89.6 Å².